The van der Waals surface area contributed by atoms with Crippen LogP contribution in [0.5, 0.6) is 11.6 Å². The highest BCUT2D eigenvalue weighted by Crippen LogP contribution is 2.37. The molecule has 2 heterocycles. The van der Waals surface area contributed by atoms with Crippen LogP contribution in [0, 0.1) is 0 Å². The Morgan fingerprint density at radius 2 is 1.96 bits per heavy atom. The van der Waals surface area contributed by atoms with E-state index in [0.29, 0.717) is 15.7 Å². The molecule has 0 amide bonds. The lowest BCUT2D eigenvalue weighted by molar-refractivity contribution is 0.0694. The highest BCUT2D eigenvalue weighted by Gasteiger charge is 2.15. The summed E-state index contributed by atoms with van der Waals surface area (Å²) in [6.45, 7) is 0. The maximum Gasteiger partial charge on any atom is 0.339 e. The van der Waals surface area contributed by atoms with Gasteiger partial charge in [-0.05, 0) is 24.3 Å². The van der Waals surface area contributed by atoms with Gasteiger partial charge >= 0.3 is 5.97 Å². The highest BCUT2D eigenvalue weighted by molar-refractivity contribution is 7.16. The summed E-state index contributed by atoms with van der Waals surface area (Å²) in [5.41, 5.74) is 3.00. The van der Waals surface area contributed by atoms with Crippen molar-refractivity contribution in [2.24, 2.45) is 4.99 Å². The number of rotatable bonds is 4. The number of hydrogen-bond donors (Lipinski definition) is 4. The van der Waals surface area contributed by atoms with Crippen LogP contribution in [-0.2, 0) is 0 Å². The molecule has 0 radical (unpaired) electrons. The van der Waals surface area contributed by atoms with E-state index in [2.05, 4.69) is 15.3 Å². The molecule has 0 bridgehead atoms. The largest absolute Gasteiger partial charge is 0.507 e. The smallest absolute Gasteiger partial charge is 0.339 e. The van der Waals surface area contributed by atoms with E-state index in [0.717, 1.165) is 16.8 Å². The third-order valence-electron chi connectivity index (χ3n) is 3.96. The monoisotopic (exact) mass is 379 g/mol. The Bertz CT molecular complexity index is 1120. The maximum atomic E-state index is 11.0. The molecule has 0 spiro atoms. The zero-order valence-electron chi connectivity index (χ0n) is 13.7. The van der Waals surface area contributed by atoms with E-state index in [9.17, 15) is 15.0 Å². The molecule has 0 aliphatic carbocycles. The van der Waals surface area contributed by atoms with Crippen molar-refractivity contribution in [1.29, 1.82) is 0 Å². The fourth-order valence-corrected chi connectivity index (χ4v) is 3.51. The van der Waals surface area contributed by atoms with Crippen LogP contribution in [0.25, 0.3) is 11.6 Å². The molecular weight excluding hydrogens is 366 g/mol. The number of fused-ring (bicyclic) bond motifs is 1. The number of carboxylic acids is 1. The normalized spacial score (nSPS) is 13.7. The fourth-order valence-electron chi connectivity index (χ4n) is 2.68. The second kappa shape index (κ2) is 6.58. The Labute approximate surface area is 157 Å². The molecule has 7 nitrogen and oxygen atoms in total. The molecule has 2 aromatic carbocycles. The summed E-state index contributed by atoms with van der Waals surface area (Å²) in [4.78, 5) is 19.9. The van der Waals surface area contributed by atoms with Gasteiger partial charge in [-0.15, -0.1) is 0 Å². The number of hydrogen-bond acceptors (Lipinski definition) is 7. The zero-order chi connectivity index (χ0) is 19.0. The van der Waals surface area contributed by atoms with Gasteiger partial charge in [0.2, 0.25) is 5.88 Å². The van der Waals surface area contributed by atoms with Gasteiger partial charge in [0.25, 0.3) is 0 Å². The number of aliphatic imine (C=N–C) groups is 1. The molecule has 27 heavy (non-hydrogen) atoms. The van der Waals surface area contributed by atoms with Crippen LogP contribution in [-0.4, -0.2) is 32.5 Å². The van der Waals surface area contributed by atoms with E-state index in [1.807, 2.05) is 24.3 Å². The Kier molecular flexibility index (Phi) is 4.09. The van der Waals surface area contributed by atoms with Crippen molar-refractivity contribution >= 4 is 51.7 Å². The highest BCUT2D eigenvalue weighted by atomic mass is 32.1. The third-order valence-corrected chi connectivity index (χ3v) is 4.87. The van der Waals surface area contributed by atoms with Crippen molar-refractivity contribution < 1.29 is 20.1 Å². The summed E-state index contributed by atoms with van der Waals surface area (Å²) in [6.07, 6.45) is 3.54. The molecule has 1 aromatic heterocycles. The van der Waals surface area contributed by atoms with Crippen molar-refractivity contribution in [3.8, 4) is 11.6 Å². The van der Waals surface area contributed by atoms with Gasteiger partial charge in [-0.25, -0.2) is 4.79 Å². The first-order valence-corrected chi connectivity index (χ1v) is 8.71. The van der Waals surface area contributed by atoms with Gasteiger partial charge < -0.3 is 20.6 Å². The number of phenols is 1. The summed E-state index contributed by atoms with van der Waals surface area (Å²) in [5, 5.41) is 32.2. The number of carboxylic acid groups (broad SMARTS) is 1. The lowest BCUT2D eigenvalue weighted by atomic mass is 10.1. The second-order valence-corrected chi connectivity index (χ2v) is 6.77. The molecule has 4 N–H and O–H groups in total. The Balaban J connectivity index is 1.60. The van der Waals surface area contributed by atoms with E-state index >= 15 is 0 Å². The summed E-state index contributed by atoms with van der Waals surface area (Å²) in [7, 11) is 0. The molecule has 1 aliphatic heterocycles. The third kappa shape index (κ3) is 3.25. The molecule has 134 valence electrons. The van der Waals surface area contributed by atoms with Crippen LogP contribution in [0.3, 0.4) is 0 Å². The number of para-hydroxylation sites is 1. The zero-order valence-corrected chi connectivity index (χ0v) is 14.6. The molecule has 8 heteroatoms. The Hall–Kier alpha value is -3.65. The standard InChI is InChI=1S/C19H13N3O4S/c23-15-8-11(5-6-13(15)18(25)26)21-19-22-17(24)16(27-19)7-10-9-20-14-4-2-1-3-12(10)14/h1-9,23-24H,(H,21,22)(H,25,26)/b10-7+. The van der Waals surface area contributed by atoms with E-state index < -0.39 is 5.97 Å². The molecule has 4 rings (SSSR count). The summed E-state index contributed by atoms with van der Waals surface area (Å²) in [5.74, 6) is -1.69. The first-order chi connectivity index (χ1) is 13.0. The van der Waals surface area contributed by atoms with Crippen LogP contribution in [0.2, 0.25) is 0 Å². The molecule has 0 fully saturated rings. The molecule has 0 saturated heterocycles. The molecule has 0 saturated carbocycles. The minimum Gasteiger partial charge on any atom is -0.507 e. The first kappa shape index (κ1) is 16.8. The van der Waals surface area contributed by atoms with Crippen molar-refractivity contribution in [3.05, 3.63) is 58.5 Å². The van der Waals surface area contributed by atoms with Gasteiger partial charge in [-0.3, -0.25) is 4.99 Å². The van der Waals surface area contributed by atoms with Crippen LogP contribution < -0.4 is 5.32 Å². The number of aromatic nitrogens is 1. The molecule has 1 aliphatic rings. The quantitative estimate of drug-likeness (QED) is 0.539. The van der Waals surface area contributed by atoms with Gasteiger partial charge in [0, 0.05) is 29.1 Å². The fraction of sp³-hybridized carbons (Fsp3) is 0. The van der Waals surface area contributed by atoms with Crippen LogP contribution >= 0.6 is 11.3 Å². The lowest BCUT2D eigenvalue weighted by Crippen LogP contribution is -1.97. The minimum atomic E-state index is -1.21. The number of allylic oxidation sites excluding steroid dienone is 1. The number of anilines is 2. The first-order valence-electron chi connectivity index (χ1n) is 7.89. The van der Waals surface area contributed by atoms with Crippen molar-refractivity contribution in [3.63, 3.8) is 0 Å². The molecular formula is C19H13N3O4S. The Morgan fingerprint density at radius 3 is 2.74 bits per heavy atom. The van der Waals surface area contributed by atoms with Gasteiger partial charge in [-0.2, -0.15) is 4.98 Å². The van der Waals surface area contributed by atoms with Crippen LogP contribution in [0.15, 0.2) is 47.5 Å². The number of nitrogens with one attached hydrogen (secondary N) is 1. The van der Waals surface area contributed by atoms with Gasteiger partial charge in [0.1, 0.15) is 11.3 Å². The van der Waals surface area contributed by atoms with E-state index in [4.69, 9.17) is 5.11 Å². The van der Waals surface area contributed by atoms with Gasteiger partial charge in [0.05, 0.1) is 10.6 Å². The number of aromatic carboxylic acids is 1. The predicted octanol–water partition coefficient (Wildman–Crippen LogP) is 4.25. The van der Waals surface area contributed by atoms with Crippen molar-refractivity contribution in [1.82, 2.24) is 4.98 Å². The van der Waals surface area contributed by atoms with Crippen molar-refractivity contribution in [2.45, 2.75) is 0 Å². The van der Waals surface area contributed by atoms with E-state index in [1.54, 1.807) is 12.3 Å². The average molecular weight is 379 g/mol. The minimum absolute atomic E-state index is 0.126. The number of nitrogens with zero attached hydrogens (tertiary/aromatic N) is 2. The number of aromatic hydroxyl groups is 2. The lowest BCUT2D eigenvalue weighted by Gasteiger charge is -2.04. The molecule has 0 atom stereocenters. The second-order valence-electron chi connectivity index (χ2n) is 5.74. The SMILES string of the molecule is O=C(O)c1ccc(Nc2nc(O)c(/C=C3\C=Nc4ccccc43)s2)cc1O. The maximum absolute atomic E-state index is 11.0. The number of carbonyl (C=O) groups is 1. The van der Waals surface area contributed by atoms with Crippen LogP contribution in [0.1, 0.15) is 20.8 Å². The van der Waals surface area contributed by atoms with Crippen molar-refractivity contribution in [2.75, 3.05) is 5.32 Å². The number of benzene rings is 2. The number of thiazole rings is 1. The molecule has 3 aromatic rings. The topological polar surface area (TPSA) is 115 Å². The van der Waals surface area contributed by atoms with Crippen LogP contribution in [0.4, 0.5) is 16.5 Å². The van der Waals surface area contributed by atoms with Gasteiger partial charge in [-0.1, -0.05) is 29.5 Å². The summed E-state index contributed by atoms with van der Waals surface area (Å²) in [6, 6.07) is 11.8. The summed E-state index contributed by atoms with van der Waals surface area (Å²) < 4.78 is 0. The van der Waals surface area contributed by atoms with Gasteiger partial charge in [0.15, 0.2) is 5.13 Å². The molecule has 0 unspecified atom stereocenters. The van der Waals surface area contributed by atoms with E-state index in [-0.39, 0.29) is 17.2 Å². The summed E-state index contributed by atoms with van der Waals surface area (Å²) >= 11 is 1.22. The Morgan fingerprint density at radius 1 is 1.15 bits per heavy atom. The van der Waals surface area contributed by atoms with E-state index in [1.165, 1.54) is 29.5 Å². The predicted molar refractivity (Wildman–Crippen MR) is 105 cm³/mol. The average Bonchev–Trinajstić information content (AvgIpc) is 3.19.